The lowest BCUT2D eigenvalue weighted by atomic mass is 9.63. The predicted molar refractivity (Wildman–Crippen MR) is 161 cm³/mol. The van der Waals surface area contributed by atoms with Crippen LogP contribution in [0.1, 0.15) is 84.3 Å². The highest BCUT2D eigenvalue weighted by Crippen LogP contribution is 2.55. The van der Waals surface area contributed by atoms with E-state index in [1.165, 1.54) is 0 Å². The minimum atomic E-state index is -0.435. The van der Waals surface area contributed by atoms with Crippen LogP contribution in [0.2, 0.25) is 0 Å². The van der Waals surface area contributed by atoms with Crippen LogP contribution in [-0.2, 0) is 16.1 Å². The summed E-state index contributed by atoms with van der Waals surface area (Å²) in [7, 11) is 0. The van der Waals surface area contributed by atoms with Gasteiger partial charge in [-0.15, -0.1) is 0 Å². The number of ketones is 2. The number of rotatable bonds is 7. The van der Waals surface area contributed by atoms with Crippen molar-refractivity contribution in [3.63, 3.8) is 0 Å². The molecule has 0 unspecified atom stereocenters. The van der Waals surface area contributed by atoms with Crippen molar-refractivity contribution in [2.75, 3.05) is 13.2 Å². The Balaban J connectivity index is 1.78. The molecule has 1 aliphatic heterocycles. The zero-order valence-corrected chi connectivity index (χ0v) is 26.1. The molecule has 5 rings (SSSR count). The third kappa shape index (κ3) is 5.39. The number of carbonyl (C=O) groups excluding carboxylic acids is 2. The molecule has 0 saturated carbocycles. The molecule has 0 spiro atoms. The van der Waals surface area contributed by atoms with Gasteiger partial charge >= 0.3 is 0 Å². The zero-order chi connectivity index (χ0) is 28.8. The number of Topliss-reactive ketones (excluding diaryl/α,β-unsaturated/α-hetero) is 2. The van der Waals surface area contributed by atoms with Gasteiger partial charge in [-0.3, -0.25) is 9.59 Å². The fourth-order valence-electron chi connectivity index (χ4n) is 6.64. The second-order valence-corrected chi connectivity index (χ2v) is 13.7. The summed E-state index contributed by atoms with van der Waals surface area (Å²) in [6, 6.07) is 14.3. The lowest BCUT2D eigenvalue weighted by Gasteiger charge is -2.49. The molecular weight excluding hydrogens is 566 g/mol. The highest BCUT2D eigenvalue weighted by molar-refractivity contribution is 9.10. The van der Waals surface area contributed by atoms with E-state index in [1.54, 1.807) is 0 Å². The molecule has 2 aromatic carbocycles. The second kappa shape index (κ2) is 10.8. The lowest BCUT2D eigenvalue weighted by Crippen LogP contribution is -2.44. The fraction of sp³-hybridized carbons (Fsp3) is 0.471. The van der Waals surface area contributed by atoms with Crippen LogP contribution in [-0.4, -0.2) is 29.7 Å². The number of nitrogens with zero attached hydrogens (tertiary/aromatic N) is 1. The number of ether oxygens (including phenoxy) is 2. The van der Waals surface area contributed by atoms with Crippen molar-refractivity contribution in [3.8, 4) is 11.5 Å². The monoisotopic (exact) mass is 605 g/mol. The van der Waals surface area contributed by atoms with Gasteiger partial charge in [-0.2, -0.15) is 0 Å². The Morgan fingerprint density at radius 3 is 1.90 bits per heavy atom. The van der Waals surface area contributed by atoms with Gasteiger partial charge < -0.3 is 14.4 Å². The van der Waals surface area contributed by atoms with Gasteiger partial charge in [-0.05, 0) is 76.7 Å². The molecule has 0 atom stereocenters. The molecule has 212 valence electrons. The van der Waals surface area contributed by atoms with E-state index >= 15 is 0 Å². The van der Waals surface area contributed by atoms with Gasteiger partial charge in [0.05, 0.1) is 17.7 Å². The normalized spacial score (nSPS) is 20.4. The Kier molecular flexibility index (Phi) is 7.77. The number of carbonyl (C=O) groups is 2. The van der Waals surface area contributed by atoms with Gasteiger partial charge in [0.15, 0.2) is 23.1 Å². The first-order valence-corrected chi connectivity index (χ1v) is 15.2. The Bertz CT molecular complexity index is 1350. The van der Waals surface area contributed by atoms with Gasteiger partial charge in [-0.1, -0.05) is 58.0 Å². The minimum Gasteiger partial charge on any atom is -0.490 e. The predicted octanol–water partition coefficient (Wildman–Crippen LogP) is 8.13. The summed E-state index contributed by atoms with van der Waals surface area (Å²) in [4.78, 5) is 30.5. The topological polar surface area (TPSA) is 55.8 Å². The van der Waals surface area contributed by atoms with Crippen molar-refractivity contribution in [1.29, 1.82) is 0 Å². The van der Waals surface area contributed by atoms with Gasteiger partial charge in [-0.25, -0.2) is 0 Å². The summed E-state index contributed by atoms with van der Waals surface area (Å²) in [5.41, 5.74) is 5.36. The van der Waals surface area contributed by atoms with Crippen molar-refractivity contribution in [2.45, 2.75) is 79.7 Å². The van der Waals surface area contributed by atoms with Crippen LogP contribution in [0.15, 0.2) is 69.5 Å². The van der Waals surface area contributed by atoms with Crippen LogP contribution in [0.25, 0.3) is 0 Å². The van der Waals surface area contributed by atoms with Gasteiger partial charge in [0, 0.05) is 47.8 Å². The van der Waals surface area contributed by atoms with E-state index in [2.05, 4.69) is 60.7 Å². The van der Waals surface area contributed by atoms with Crippen molar-refractivity contribution < 1.29 is 19.1 Å². The summed E-state index contributed by atoms with van der Waals surface area (Å²) in [6.45, 7) is 14.2. The van der Waals surface area contributed by atoms with E-state index < -0.39 is 5.92 Å². The van der Waals surface area contributed by atoms with Crippen LogP contribution in [0.3, 0.4) is 0 Å². The SMILES string of the molecule is CCOc1cc(C2C3=C(CC(C)(C)CC3=O)N(Cc3ccccc3)C3=C2C(=O)CC(C)(C)C3)cc(Br)c1OCC. The van der Waals surface area contributed by atoms with E-state index in [-0.39, 0.29) is 22.4 Å². The van der Waals surface area contributed by atoms with E-state index in [9.17, 15) is 9.59 Å². The molecular formula is C34H40BrNO4. The highest BCUT2D eigenvalue weighted by Gasteiger charge is 2.49. The molecule has 0 fully saturated rings. The standard InChI is InChI=1S/C34H40BrNO4/c1-7-39-28-15-22(14-23(35)32(28)40-8-2)29-30-24(16-33(3,4)18-26(30)37)36(20-21-12-10-9-11-13-21)25-17-34(5,6)19-27(38)31(25)29/h9-15,29H,7-8,16-20H2,1-6H3. The van der Waals surface area contributed by atoms with Gasteiger partial charge in [0.1, 0.15) is 0 Å². The highest BCUT2D eigenvalue weighted by atomic mass is 79.9. The lowest BCUT2D eigenvalue weighted by molar-refractivity contribution is -0.119. The third-order valence-corrected chi connectivity index (χ3v) is 8.75. The molecule has 0 radical (unpaired) electrons. The molecule has 1 heterocycles. The molecule has 0 N–H and O–H groups in total. The number of hydrogen-bond donors (Lipinski definition) is 0. The first kappa shape index (κ1) is 28.7. The summed E-state index contributed by atoms with van der Waals surface area (Å²) in [5, 5.41) is 0. The van der Waals surface area contributed by atoms with Crippen molar-refractivity contribution >= 4 is 27.5 Å². The zero-order valence-electron chi connectivity index (χ0n) is 24.5. The Labute approximate surface area is 246 Å². The molecule has 6 heteroatoms. The summed E-state index contributed by atoms with van der Waals surface area (Å²) in [6.07, 6.45) is 2.47. The molecule has 0 amide bonds. The Morgan fingerprint density at radius 2 is 1.38 bits per heavy atom. The van der Waals surface area contributed by atoms with Crippen LogP contribution in [0, 0.1) is 10.8 Å². The van der Waals surface area contributed by atoms with Crippen molar-refractivity contribution in [2.24, 2.45) is 10.8 Å². The van der Waals surface area contributed by atoms with Gasteiger partial charge in [0.25, 0.3) is 0 Å². The maximum absolute atomic E-state index is 14.1. The molecule has 3 aliphatic rings. The molecule has 2 aliphatic carbocycles. The van der Waals surface area contributed by atoms with E-state index in [4.69, 9.17) is 9.47 Å². The van der Waals surface area contributed by atoms with Crippen LogP contribution < -0.4 is 9.47 Å². The molecule has 0 bridgehead atoms. The first-order valence-electron chi connectivity index (χ1n) is 14.4. The maximum Gasteiger partial charge on any atom is 0.175 e. The maximum atomic E-state index is 14.1. The van der Waals surface area contributed by atoms with E-state index in [0.29, 0.717) is 44.1 Å². The summed E-state index contributed by atoms with van der Waals surface area (Å²) < 4.78 is 12.7. The average Bonchev–Trinajstić information content (AvgIpc) is 2.86. The van der Waals surface area contributed by atoms with E-state index in [1.807, 2.05) is 44.2 Å². The average molecular weight is 607 g/mol. The Hall–Kier alpha value is -2.86. The van der Waals surface area contributed by atoms with Crippen LogP contribution in [0.5, 0.6) is 11.5 Å². The van der Waals surface area contributed by atoms with Crippen molar-refractivity contribution in [3.05, 3.63) is 80.6 Å². The number of benzene rings is 2. The fourth-order valence-corrected chi connectivity index (χ4v) is 7.21. The van der Waals surface area contributed by atoms with Crippen LogP contribution in [0.4, 0.5) is 0 Å². The van der Waals surface area contributed by atoms with Crippen LogP contribution >= 0.6 is 15.9 Å². The van der Waals surface area contributed by atoms with E-state index in [0.717, 1.165) is 51.0 Å². The molecule has 5 nitrogen and oxygen atoms in total. The molecule has 0 saturated heterocycles. The minimum absolute atomic E-state index is 0.126. The van der Waals surface area contributed by atoms with Gasteiger partial charge in [0.2, 0.25) is 0 Å². The number of hydrogen-bond acceptors (Lipinski definition) is 5. The molecule has 2 aromatic rings. The summed E-state index contributed by atoms with van der Waals surface area (Å²) >= 11 is 3.72. The molecule has 0 aromatic heterocycles. The summed E-state index contributed by atoms with van der Waals surface area (Å²) in [5.74, 6) is 1.08. The third-order valence-electron chi connectivity index (χ3n) is 8.16. The quantitative estimate of drug-likeness (QED) is 0.319. The Morgan fingerprint density at radius 1 is 0.825 bits per heavy atom. The second-order valence-electron chi connectivity index (χ2n) is 12.8. The van der Waals surface area contributed by atoms with Crippen molar-refractivity contribution in [1.82, 2.24) is 4.90 Å². The number of allylic oxidation sites excluding steroid dienone is 4. The smallest absolute Gasteiger partial charge is 0.175 e. The first-order chi connectivity index (χ1) is 18.9. The number of halogens is 1. The largest absolute Gasteiger partial charge is 0.490 e. The molecule has 40 heavy (non-hydrogen) atoms.